The van der Waals surface area contributed by atoms with Crippen molar-refractivity contribution in [3.63, 3.8) is 0 Å². The summed E-state index contributed by atoms with van der Waals surface area (Å²) in [6.07, 6.45) is 1.73. The van der Waals surface area contributed by atoms with Crippen molar-refractivity contribution in [2.75, 3.05) is 26.4 Å². The van der Waals surface area contributed by atoms with Gasteiger partial charge < -0.3 is 25.5 Å². The van der Waals surface area contributed by atoms with Crippen LogP contribution in [0.5, 0.6) is 0 Å². The van der Waals surface area contributed by atoms with E-state index in [0.717, 1.165) is 12.8 Å². The Labute approximate surface area is 92.0 Å². The molecule has 0 saturated carbocycles. The molecular weight excluding hydrogens is 200 g/mol. The first-order valence-corrected chi connectivity index (χ1v) is 5.25. The van der Waals surface area contributed by atoms with Crippen LogP contribution in [0.3, 0.4) is 0 Å². The normalized spacial score (nSPS) is 8.80. The minimum atomic E-state index is -0.954. The van der Waals surface area contributed by atoms with Gasteiger partial charge in [-0.3, -0.25) is 0 Å². The molecule has 5 N–H and O–H groups in total. The summed E-state index contributed by atoms with van der Waals surface area (Å²) < 4.78 is 0. The topological polar surface area (TPSA) is 101 Å². The molecule has 0 bridgehead atoms. The Morgan fingerprint density at radius 3 is 1.13 bits per heavy atom. The Morgan fingerprint density at radius 1 is 0.800 bits per heavy atom. The Kier molecular flexibility index (Phi) is 31.8. The van der Waals surface area contributed by atoms with Crippen LogP contribution in [0.15, 0.2) is 0 Å². The summed E-state index contributed by atoms with van der Waals surface area (Å²) in [6.45, 7) is 3.91. The van der Waals surface area contributed by atoms with E-state index in [1.807, 2.05) is 0 Å². The molecule has 0 spiro atoms. The van der Waals surface area contributed by atoms with Crippen LogP contribution >= 0.6 is 0 Å². The molecule has 0 fully saturated rings. The molecule has 0 atom stereocenters. The second-order valence-electron chi connectivity index (χ2n) is 2.88. The number of aliphatic hydroxyl groups excluding tert-OH is 5. The van der Waals surface area contributed by atoms with E-state index in [-0.39, 0.29) is 26.4 Å². The van der Waals surface area contributed by atoms with Crippen molar-refractivity contribution in [3.05, 3.63) is 0 Å². The maximum atomic E-state index is 8.17. The summed E-state index contributed by atoms with van der Waals surface area (Å²) in [7, 11) is 0. The van der Waals surface area contributed by atoms with Crippen molar-refractivity contribution >= 4 is 0 Å². The standard InChI is InChI=1S/C4H10O2.C3H8O3.C3H8/c5-3-1-2-4-6;4-1-3(6)2-5;1-3-2/h5-6H,1-4H2;3-6H,1-2H2;3H2,1-2H3. The number of aliphatic hydroxyl groups is 5. The van der Waals surface area contributed by atoms with Crippen molar-refractivity contribution in [1.82, 2.24) is 0 Å². The minimum Gasteiger partial charge on any atom is -0.396 e. The smallest absolute Gasteiger partial charge is 0.100 e. The van der Waals surface area contributed by atoms with Crippen LogP contribution in [-0.4, -0.2) is 58.1 Å². The van der Waals surface area contributed by atoms with E-state index in [9.17, 15) is 0 Å². The molecule has 0 rings (SSSR count). The van der Waals surface area contributed by atoms with Crippen molar-refractivity contribution in [2.45, 2.75) is 39.2 Å². The molecule has 0 radical (unpaired) electrons. The average Bonchev–Trinajstić information content (AvgIpc) is 2.27. The van der Waals surface area contributed by atoms with E-state index in [4.69, 9.17) is 25.5 Å². The quantitative estimate of drug-likeness (QED) is 0.407. The summed E-state index contributed by atoms with van der Waals surface area (Å²) in [5.74, 6) is 0. The van der Waals surface area contributed by atoms with Gasteiger partial charge in [-0.1, -0.05) is 20.3 Å². The van der Waals surface area contributed by atoms with E-state index >= 15 is 0 Å². The van der Waals surface area contributed by atoms with Gasteiger partial charge in [0.1, 0.15) is 6.10 Å². The third-order valence-electron chi connectivity index (χ3n) is 0.988. The van der Waals surface area contributed by atoms with Crippen molar-refractivity contribution in [3.8, 4) is 0 Å². The molecule has 0 aromatic rings. The molecule has 0 heterocycles. The molecule has 0 aliphatic carbocycles. The lowest BCUT2D eigenvalue weighted by atomic mass is 10.3. The number of hydrogen-bond donors (Lipinski definition) is 5. The van der Waals surface area contributed by atoms with Gasteiger partial charge in [-0.2, -0.15) is 0 Å². The highest BCUT2D eigenvalue weighted by atomic mass is 16.3. The molecule has 0 unspecified atom stereocenters. The Morgan fingerprint density at radius 2 is 1.07 bits per heavy atom. The molecule has 0 aromatic heterocycles. The molecule has 0 aliphatic rings. The summed E-state index contributed by atoms with van der Waals surface area (Å²) in [6, 6.07) is 0. The Hall–Kier alpha value is -0.200. The largest absolute Gasteiger partial charge is 0.396 e. The third kappa shape index (κ3) is 41.6. The number of hydrogen-bond acceptors (Lipinski definition) is 5. The zero-order chi connectivity index (χ0) is 12.5. The van der Waals surface area contributed by atoms with Crippen LogP contribution in [0.2, 0.25) is 0 Å². The second kappa shape index (κ2) is 23.5. The molecule has 5 nitrogen and oxygen atoms in total. The summed E-state index contributed by atoms with van der Waals surface area (Å²) in [5, 5.41) is 40.2. The lowest BCUT2D eigenvalue weighted by Crippen LogP contribution is -2.15. The monoisotopic (exact) mass is 226 g/mol. The van der Waals surface area contributed by atoms with Crippen LogP contribution in [0.25, 0.3) is 0 Å². The zero-order valence-corrected chi connectivity index (χ0v) is 9.76. The first kappa shape index (κ1) is 20.2. The molecule has 0 amide bonds. The molecule has 0 saturated heterocycles. The predicted octanol–water partition coefficient (Wildman–Crippen LogP) is -0.501. The van der Waals surface area contributed by atoms with Gasteiger partial charge in [0.05, 0.1) is 13.2 Å². The molecule has 0 aromatic carbocycles. The summed E-state index contributed by atoms with van der Waals surface area (Å²) >= 11 is 0. The van der Waals surface area contributed by atoms with E-state index < -0.39 is 6.10 Å². The number of rotatable bonds is 5. The molecule has 5 heteroatoms. The van der Waals surface area contributed by atoms with Crippen molar-refractivity contribution in [2.24, 2.45) is 0 Å². The van der Waals surface area contributed by atoms with Gasteiger partial charge >= 0.3 is 0 Å². The van der Waals surface area contributed by atoms with Crippen LogP contribution in [0.1, 0.15) is 33.1 Å². The molecular formula is C10H26O5. The van der Waals surface area contributed by atoms with Crippen LogP contribution in [0.4, 0.5) is 0 Å². The second-order valence-corrected chi connectivity index (χ2v) is 2.88. The summed E-state index contributed by atoms with van der Waals surface area (Å²) in [5.41, 5.74) is 0. The molecule has 0 aliphatic heterocycles. The van der Waals surface area contributed by atoms with Gasteiger partial charge in [0.25, 0.3) is 0 Å². The van der Waals surface area contributed by atoms with E-state index in [2.05, 4.69) is 13.8 Å². The van der Waals surface area contributed by atoms with Crippen molar-refractivity contribution < 1.29 is 25.5 Å². The maximum absolute atomic E-state index is 8.17. The first-order chi connectivity index (χ1) is 7.14. The van der Waals surface area contributed by atoms with E-state index in [1.165, 1.54) is 6.42 Å². The summed E-state index contributed by atoms with van der Waals surface area (Å²) in [4.78, 5) is 0. The maximum Gasteiger partial charge on any atom is 0.100 e. The van der Waals surface area contributed by atoms with Gasteiger partial charge in [-0.25, -0.2) is 0 Å². The highest BCUT2D eigenvalue weighted by molar-refractivity contribution is 4.44. The Bertz CT molecular complexity index is 72.2. The Balaban J connectivity index is -0.000000153. The van der Waals surface area contributed by atoms with Gasteiger partial charge in [0, 0.05) is 13.2 Å². The number of unbranched alkanes of at least 4 members (excludes halogenated alkanes) is 1. The van der Waals surface area contributed by atoms with E-state index in [0.29, 0.717) is 0 Å². The minimum absolute atomic E-state index is 0.195. The highest BCUT2D eigenvalue weighted by Gasteiger charge is 1.93. The lowest BCUT2D eigenvalue weighted by molar-refractivity contribution is 0.0450. The van der Waals surface area contributed by atoms with Crippen LogP contribution in [-0.2, 0) is 0 Å². The zero-order valence-electron chi connectivity index (χ0n) is 9.76. The van der Waals surface area contributed by atoms with Crippen LogP contribution < -0.4 is 0 Å². The van der Waals surface area contributed by atoms with Crippen molar-refractivity contribution in [1.29, 1.82) is 0 Å². The fraction of sp³-hybridized carbons (Fsp3) is 1.00. The lowest BCUT2D eigenvalue weighted by Gasteiger charge is -1.96. The van der Waals surface area contributed by atoms with Gasteiger partial charge in [-0.05, 0) is 12.8 Å². The van der Waals surface area contributed by atoms with Gasteiger partial charge in [-0.15, -0.1) is 0 Å². The SMILES string of the molecule is CCC.OCC(O)CO.OCCCCO. The van der Waals surface area contributed by atoms with Gasteiger partial charge in [0.15, 0.2) is 0 Å². The fourth-order valence-electron chi connectivity index (χ4n) is 0.281. The van der Waals surface area contributed by atoms with E-state index in [1.54, 1.807) is 0 Å². The predicted molar refractivity (Wildman–Crippen MR) is 59.5 cm³/mol. The third-order valence-corrected chi connectivity index (χ3v) is 0.988. The first-order valence-electron chi connectivity index (χ1n) is 5.25. The van der Waals surface area contributed by atoms with Crippen LogP contribution in [0, 0.1) is 0 Å². The average molecular weight is 226 g/mol. The molecule has 15 heavy (non-hydrogen) atoms. The fourth-order valence-corrected chi connectivity index (χ4v) is 0.281. The molecule has 96 valence electrons. The highest BCUT2D eigenvalue weighted by Crippen LogP contribution is 1.80. The van der Waals surface area contributed by atoms with Gasteiger partial charge in [0.2, 0.25) is 0 Å².